The molecule has 2 aromatic rings. The van der Waals surface area contributed by atoms with E-state index in [4.69, 9.17) is 4.74 Å². The number of likely N-dealkylation sites (tertiary alicyclic amines) is 1. The summed E-state index contributed by atoms with van der Waals surface area (Å²) in [5, 5.41) is 9.65. The molecule has 1 unspecified atom stereocenters. The van der Waals surface area contributed by atoms with Gasteiger partial charge in [0.25, 0.3) is 0 Å². The molecular weight excluding hydrogens is 500 g/mol. The van der Waals surface area contributed by atoms with Gasteiger partial charge in [-0.2, -0.15) is 26.3 Å². The van der Waals surface area contributed by atoms with Crippen LogP contribution in [0.1, 0.15) is 69.0 Å². The highest BCUT2D eigenvalue weighted by atomic mass is 19.4. The Balaban J connectivity index is 1.62. The maximum absolute atomic E-state index is 14.3. The molecule has 1 N–H and O–H groups in total. The van der Waals surface area contributed by atoms with Gasteiger partial charge in [0.15, 0.2) is 0 Å². The fourth-order valence-electron chi connectivity index (χ4n) is 5.77. The van der Waals surface area contributed by atoms with E-state index in [9.17, 15) is 36.2 Å². The van der Waals surface area contributed by atoms with Crippen LogP contribution >= 0.6 is 0 Å². The predicted octanol–water partition coefficient (Wildman–Crippen LogP) is 7.61. The van der Waals surface area contributed by atoms with E-state index in [0.717, 1.165) is 0 Å². The number of hydrogen-bond acceptors (Lipinski definition) is 3. The van der Waals surface area contributed by atoms with Gasteiger partial charge < -0.3 is 9.84 Å². The Morgan fingerprint density at radius 3 is 2.16 bits per heavy atom. The number of nitrogens with zero attached hydrogens (tertiary/aromatic N) is 1. The highest BCUT2D eigenvalue weighted by molar-refractivity contribution is 5.89. The van der Waals surface area contributed by atoms with Gasteiger partial charge in [-0.25, -0.2) is 0 Å². The predicted molar refractivity (Wildman–Crippen MR) is 126 cm³/mol. The SMILES string of the molecule is CCC(c1ccc2ccc(OC3CCC(C(F)(F)F)CC3)c(C(F)(F)F)c2c1)N1CCC(C(=O)O)CC1. The van der Waals surface area contributed by atoms with Gasteiger partial charge in [-0.05, 0) is 86.5 Å². The third-order valence-corrected chi connectivity index (χ3v) is 7.81. The second-order valence-corrected chi connectivity index (χ2v) is 10.1. The topological polar surface area (TPSA) is 49.8 Å². The van der Waals surface area contributed by atoms with Crippen molar-refractivity contribution in [3.05, 3.63) is 41.5 Å². The molecule has 1 saturated carbocycles. The van der Waals surface area contributed by atoms with E-state index >= 15 is 0 Å². The molecule has 0 spiro atoms. The largest absolute Gasteiger partial charge is 0.490 e. The van der Waals surface area contributed by atoms with Gasteiger partial charge in [-0.15, -0.1) is 0 Å². The monoisotopic (exact) mass is 531 g/mol. The fourth-order valence-corrected chi connectivity index (χ4v) is 5.77. The van der Waals surface area contributed by atoms with Crippen molar-refractivity contribution in [1.29, 1.82) is 0 Å². The third kappa shape index (κ3) is 6.16. The lowest BCUT2D eigenvalue weighted by molar-refractivity contribution is -0.185. The quantitative estimate of drug-likeness (QED) is 0.390. The molecule has 2 aliphatic rings. The number of rotatable bonds is 6. The molecule has 1 saturated heterocycles. The summed E-state index contributed by atoms with van der Waals surface area (Å²) in [5.74, 6) is -3.04. The van der Waals surface area contributed by atoms with E-state index in [0.29, 0.717) is 43.3 Å². The number of benzene rings is 2. The summed E-state index contributed by atoms with van der Waals surface area (Å²) >= 11 is 0. The first-order valence-corrected chi connectivity index (χ1v) is 12.7. The zero-order chi connectivity index (χ0) is 27.0. The highest BCUT2D eigenvalue weighted by Crippen LogP contribution is 2.45. The number of carbonyl (C=O) groups is 1. The maximum atomic E-state index is 14.3. The molecule has 1 aliphatic heterocycles. The number of ether oxygens (including phenoxy) is 1. The Hall–Kier alpha value is -2.49. The molecule has 0 bridgehead atoms. The zero-order valence-corrected chi connectivity index (χ0v) is 20.5. The number of halogens is 6. The van der Waals surface area contributed by atoms with Gasteiger partial charge >= 0.3 is 18.3 Å². The van der Waals surface area contributed by atoms with E-state index in [2.05, 4.69) is 4.90 Å². The molecule has 2 aromatic carbocycles. The average Bonchev–Trinajstić information content (AvgIpc) is 2.83. The number of piperidine rings is 1. The lowest BCUT2D eigenvalue weighted by Gasteiger charge is -2.36. The van der Waals surface area contributed by atoms with Crippen molar-refractivity contribution in [2.75, 3.05) is 13.1 Å². The van der Waals surface area contributed by atoms with Crippen LogP contribution in [-0.2, 0) is 11.0 Å². The van der Waals surface area contributed by atoms with Crippen molar-refractivity contribution < 1.29 is 41.0 Å². The molecule has 2 fully saturated rings. The molecule has 0 radical (unpaired) electrons. The number of carboxylic acids is 1. The summed E-state index contributed by atoms with van der Waals surface area (Å²) in [6.45, 7) is 3.03. The van der Waals surface area contributed by atoms with Crippen LogP contribution in [0.25, 0.3) is 10.8 Å². The molecule has 0 amide bonds. The summed E-state index contributed by atoms with van der Waals surface area (Å²) in [6.07, 6.45) is -8.36. The molecule has 204 valence electrons. The third-order valence-electron chi connectivity index (χ3n) is 7.81. The van der Waals surface area contributed by atoms with E-state index in [1.807, 2.05) is 6.92 Å². The number of carboxylic acid groups (broad SMARTS) is 1. The van der Waals surface area contributed by atoms with Crippen LogP contribution in [0.4, 0.5) is 26.3 Å². The second kappa shape index (κ2) is 10.7. The molecule has 1 heterocycles. The summed E-state index contributed by atoms with van der Waals surface area (Å²) in [5.41, 5.74) is -0.207. The van der Waals surface area contributed by atoms with Gasteiger partial charge in [-0.3, -0.25) is 9.69 Å². The number of fused-ring (bicyclic) bond motifs is 1. The van der Waals surface area contributed by atoms with E-state index < -0.39 is 41.8 Å². The van der Waals surface area contributed by atoms with Gasteiger partial charge in [-0.1, -0.05) is 25.1 Å². The molecule has 4 nitrogen and oxygen atoms in total. The fraction of sp³-hybridized carbons (Fsp3) is 0.593. The minimum atomic E-state index is -4.72. The lowest BCUT2D eigenvalue weighted by atomic mass is 9.87. The van der Waals surface area contributed by atoms with Crippen LogP contribution in [0.15, 0.2) is 30.3 Å². The van der Waals surface area contributed by atoms with Gasteiger partial charge in [0.05, 0.1) is 17.9 Å². The molecule has 1 atom stereocenters. The standard InChI is InChI=1S/C27H31F6NO3/c1-2-22(34-13-11-17(12-14-34)25(35)36)18-4-3-16-5-10-23(24(21(16)15-18)27(31,32)33)37-20-8-6-19(7-9-20)26(28,29)30/h3-5,10,15,17,19-20,22H,2,6-9,11-14H2,1H3,(H,35,36). The maximum Gasteiger partial charge on any atom is 0.420 e. The molecule has 1 aliphatic carbocycles. The number of alkyl halides is 6. The number of hydrogen-bond donors (Lipinski definition) is 1. The smallest absolute Gasteiger partial charge is 0.420 e. The summed E-state index contributed by atoms with van der Waals surface area (Å²) in [4.78, 5) is 13.4. The van der Waals surface area contributed by atoms with Crippen molar-refractivity contribution in [2.24, 2.45) is 11.8 Å². The van der Waals surface area contributed by atoms with Gasteiger partial charge in [0.2, 0.25) is 0 Å². The Morgan fingerprint density at radius 1 is 1.00 bits per heavy atom. The van der Waals surface area contributed by atoms with Gasteiger partial charge in [0, 0.05) is 6.04 Å². The van der Waals surface area contributed by atoms with Crippen LogP contribution < -0.4 is 4.74 Å². The Kier molecular flexibility index (Phi) is 7.97. The Bertz CT molecular complexity index is 1100. The molecule has 37 heavy (non-hydrogen) atoms. The van der Waals surface area contributed by atoms with E-state index in [1.54, 1.807) is 18.2 Å². The summed E-state index contributed by atoms with van der Waals surface area (Å²) in [7, 11) is 0. The van der Waals surface area contributed by atoms with Crippen molar-refractivity contribution in [3.8, 4) is 5.75 Å². The minimum Gasteiger partial charge on any atom is -0.490 e. The second-order valence-electron chi connectivity index (χ2n) is 10.1. The first-order chi connectivity index (χ1) is 17.4. The van der Waals surface area contributed by atoms with E-state index in [-0.39, 0.29) is 42.9 Å². The molecular formula is C27H31F6NO3. The first-order valence-electron chi connectivity index (χ1n) is 12.7. The molecule has 0 aromatic heterocycles. The average molecular weight is 532 g/mol. The Labute approximate surface area is 211 Å². The highest BCUT2D eigenvalue weighted by Gasteiger charge is 2.43. The Morgan fingerprint density at radius 2 is 1.62 bits per heavy atom. The molecule has 10 heteroatoms. The van der Waals surface area contributed by atoms with Crippen LogP contribution in [0.2, 0.25) is 0 Å². The summed E-state index contributed by atoms with van der Waals surface area (Å²) in [6, 6.07) is 7.62. The van der Waals surface area contributed by atoms with Crippen LogP contribution in [0, 0.1) is 11.8 Å². The van der Waals surface area contributed by atoms with Crippen molar-refractivity contribution in [3.63, 3.8) is 0 Å². The normalized spacial score (nSPS) is 23.2. The molecule has 4 rings (SSSR count). The van der Waals surface area contributed by atoms with Crippen LogP contribution in [0.3, 0.4) is 0 Å². The van der Waals surface area contributed by atoms with Crippen molar-refractivity contribution in [1.82, 2.24) is 4.90 Å². The van der Waals surface area contributed by atoms with Crippen LogP contribution in [0.5, 0.6) is 5.75 Å². The first kappa shape index (κ1) is 27.5. The van der Waals surface area contributed by atoms with E-state index in [1.165, 1.54) is 12.1 Å². The van der Waals surface area contributed by atoms with Crippen LogP contribution in [-0.4, -0.2) is 41.3 Å². The van der Waals surface area contributed by atoms with Gasteiger partial charge in [0.1, 0.15) is 11.3 Å². The summed E-state index contributed by atoms with van der Waals surface area (Å²) < 4.78 is 87.7. The number of aliphatic carboxylic acids is 1. The lowest BCUT2D eigenvalue weighted by Crippen LogP contribution is -2.38. The minimum absolute atomic E-state index is 0.00894. The van der Waals surface area contributed by atoms with Crippen molar-refractivity contribution in [2.45, 2.75) is 76.4 Å². The zero-order valence-electron chi connectivity index (χ0n) is 20.5. The van der Waals surface area contributed by atoms with Crippen molar-refractivity contribution >= 4 is 16.7 Å².